The quantitative estimate of drug-likeness (QED) is 0.879. The van der Waals surface area contributed by atoms with Crippen LogP contribution < -0.4 is 15.4 Å². The maximum atomic E-state index is 13.9. The Morgan fingerprint density at radius 3 is 2.76 bits per heavy atom. The topological polar surface area (TPSA) is 50.4 Å². The van der Waals surface area contributed by atoms with Crippen molar-refractivity contribution in [3.05, 3.63) is 23.8 Å². The summed E-state index contributed by atoms with van der Waals surface area (Å²) in [6.07, 6.45) is 2.36. The molecule has 0 spiro atoms. The second kappa shape index (κ2) is 7.36. The van der Waals surface area contributed by atoms with E-state index in [1.165, 1.54) is 0 Å². The van der Waals surface area contributed by atoms with Crippen LogP contribution in [0, 0.1) is 11.6 Å². The minimum absolute atomic E-state index is 0.0591. The number of anilines is 1. The Morgan fingerprint density at radius 1 is 1.38 bits per heavy atom. The Labute approximate surface area is 122 Å². The second-order valence-corrected chi connectivity index (χ2v) is 5.13. The normalized spacial score (nSPS) is 15.8. The second-order valence-electron chi connectivity index (χ2n) is 5.13. The molecule has 2 rings (SSSR count). The number of benzene rings is 1. The van der Waals surface area contributed by atoms with Crippen LogP contribution in [0.2, 0.25) is 0 Å². The van der Waals surface area contributed by atoms with Crippen molar-refractivity contribution < 1.29 is 18.3 Å². The largest absolute Gasteiger partial charge is 0.488 e. The molecule has 0 radical (unpaired) electrons. The predicted molar refractivity (Wildman–Crippen MR) is 76.4 cm³/mol. The number of piperidine rings is 1. The first-order chi connectivity index (χ1) is 10.1. The van der Waals surface area contributed by atoms with Crippen LogP contribution in [0.4, 0.5) is 14.5 Å². The van der Waals surface area contributed by atoms with E-state index in [1.54, 1.807) is 0 Å². The highest BCUT2D eigenvalue weighted by atomic mass is 19.1. The van der Waals surface area contributed by atoms with Crippen molar-refractivity contribution in [1.29, 1.82) is 0 Å². The molecule has 1 aliphatic rings. The van der Waals surface area contributed by atoms with Gasteiger partial charge in [0.25, 0.3) is 0 Å². The number of nitrogens with one attached hydrogen (secondary N) is 2. The number of amides is 1. The Kier molecular flexibility index (Phi) is 5.50. The fraction of sp³-hybridized carbons (Fsp3) is 0.533. The third kappa shape index (κ3) is 4.39. The fourth-order valence-electron chi connectivity index (χ4n) is 2.29. The molecule has 0 aliphatic carbocycles. The van der Waals surface area contributed by atoms with E-state index in [4.69, 9.17) is 4.74 Å². The summed E-state index contributed by atoms with van der Waals surface area (Å²) in [6, 6.07) is 1.86. The van der Waals surface area contributed by atoms with Crippen LogP contribution in [0.25, 0.3) is 0 Å². The highest BCUT2D eigenvalue weighted by molar-refractivity contribution is 5.92. The van der Waals surface area contributed by atoms with Gasteiger partial charge in [-0.3, -0.25) is 4.79 Å². The number of rotatable bonds is 5. The molecule has 1 amide bonds. The molecular weight excluding hydrogens is 278 g/mol. The number of hydrogen-bond acceptors (Lipinski definition) is 3. The first kappa shape index (κ1) is 15.7. The number of halogens is 2. The van der Waals surface area contributed by atoms with Gasteiger partial charge >= 0.3 is 0 Å². The molecule has 0 aromatic heterocycles. The Morgan fingerprint density at radius 2 is 2.10 bits per heavy atom. The molecule has 0 bridgehead atoms. The van der Waals surface area contributed by atoms with Gasteiger partial charge in [-0.15, -0.1) is 0 Å². The summed E-state index contributed by atoms with van der Waals surface area (Å²) < 4.78 is 33.0. The molecule has 1 aromatic carbocycles. The molecule has 0 atom stereocenters. The molecule has 1 aromatic rings. The van der Waals surface area contributed by atoms with E-state index >= 15 is 0 Å². The van der Waals surface area contributed by atoms with Crippen LogP contribution in [0.1, 0.15) is 32.6 Å². The maximum Gasteiger partial charge on any atom is 0.224 e. The molecule has 0 saturated carbocycles. The summed E-state index contributed by atoms with van der Waals surface area (Å²) in [5.41, 5.74) is -0.0756. The SMILES string of the molecule is CCCC(=O)Nc1c(F)cc(F)cc1OC1CCNCC1. The Bertz CT molecular complexity index is 503. The zero-order valence-corrected chi connectivity index (χ0v) is 12.0. The molecule has 4 nitrogen and oxygen atoms in total. The first-order valence-electron chi connectivity index (χ1n) is 7.26. The van der Waals surface area contributed by atoms with Gasteiger partial charge in [-0.1, -0.05) is 6.92 Å². The lowest BCUT2D eigenvalue weighted by molar-refractivity contribution is -0.116. The van der Waals surface area contributed by atoms with Gasteiger partial charge in [-0.2, -0.15) is 0 Å². The van der Waals surface area contributed by atoms with Crippen LogP contribution in [-0.2, 0) is 4.79 Å². The van der Waals surface area contributed by atoms with Gasteiger partial charge in [-0.05, 0) is 32.4 Å². The maximum absolute atomic E-state index is 13.9. The summed E-state index contributed by atoms with van der Waals surface area (Å²) in [6.45, 7) is 3.47. The van der Waals surface area contributed by atoms with Gasteiger partial charge in [0, 0.05) is 18.6 Å². The lowest BCUT2D eigenvalue weighted by atomic mass is 10.1. The molecule has 2 N–H and O–H groups in total. The van der Waals surface area contributed by atoms with E-state index in [0.29, 0.717) is 6.42 Å². The van der Waals surface area contributed by atoms with Gasteiger partial charge in [-0.25, -0.2) is 8.78 Å². The number of ether oxygens (including phenoxy) is 1. The van der Waals surface area contributed by atoms with Crippen molar-refractivity contribution in [3.63, 3.8) is 0 Å². The summed E-state index contributed by atoms with van der Waals surface area (Å²) in [7, 11) is 0. The van der Waals surface area contributed by atoms with Crippen LogP contribution in [-0.4, -0.2) is 25.1 Å². The van der Waals surface area contributed by atoms with Crippen LogP contribution in [0.3, 0.4) is 0 Å². The minimum atomic E-state index is -0.816. The van der Waals surface area contributed by atoms with Gasteiger partial charge in [0.05, 0.1) is 0 Å². The average molecular weight is 298 g/mol. The zero-order chi connectivity index (χ0) is 15.2. The van der Waals surface area contributed by atoms with E-state index in [9.17, 15) is 13.6 Å². The van der Waals surface area contributed by atoms with Gasteiger partial charge < -0.3 is 15.4 Å². The molecule has 1 aliphatic heterocycles. The highest BCUT2D eigenvalue weighted by Crippen LogP contribution is 2.31. The lowest BCUT2D eigenvalue weighted by Gasteiger charge is -2.25. The average Bonchev–Trinajstić information content (AvgIpc) is 2.44. The monoisotopic (exact) mass is 298 g/mol. The lowest BCUT2D eigenvalue weighted by Crippen LogP contribution is -2.34. The summed E-state index contributed by atoms with van der Waals surface area (Å²) in [5.74, 6) is -1.78. The van der Waals surface area contributed by atoms with Gasteiger partial charge in [0.15, 0.2) is 5.82 Å². The number of carbonyl (C=O) groups is 1. The molecule has 21 heavy (non-hydrogen) atoms. The van der Waals surface area contributed by atoms with Crippen LogP contribution >= 0.6 is 0 Å². The minimum Gasteiger partial charge on any atom is -0.488 e. The number of carbonyl (C=O) groups excluding carboxylic acids is 1. The molecular formula is C15H20F2N2O2. The fourth-order valence-corrected chi connectivity index (χ4v) is 2.29. The molecule has 1 saturated heterocycles. The van der Waals surface area contributed by atoms with E-state index in [2.05, 4.69) is 10.6 Å². The van der Waals surface area contributed by atoms with E-state index < -0.39 is 11.6 Å². The molecule has 116 valence electrons. The molecule has 0 unspecified atom stereocenters. The molecule has 1 fully saturated rings. The van der Waals surface area contributed by atoms with Crippen molar-refractivity contribution in [2.24, 2.45) is 0 Å². The first-order valence-corrected chi connectivity index (χ1v) is 7.26. The predicted octanol–water partition coefficient (Wildman–Crippen LogP) is 2.83. The van der Waals surface area contributed by atoms with E-state index in [1.807, 2.05) is 6.92 Å². The Hall–Kier alpha value is -1.69. The third-order valence-electron chi connectivity index (χ3n) is 3.34. The van der Waals surface area contributed by atoms with E-state index in [0.717, 1.165) is 38.1 Å². The smallest absolute Gasteiger partial charge is 0.224 e. The Balaban J connectivity index is 2.18. The van der Waals surface area contributed by atoms with Crippen molar-refractivity contribution in [3.8, 4) is 5.75 Å². The van der Waals surface area contributed by atoms with E-state index in [-0.39, 0.29) is 29.9 Å². The molecule has 6 heteroatoms. The third-order valence-corrected chi connectivity index (χ3v) is 3.34. The summed E-state index contributed by atoms with van der Waals surface area (Å²) >= 11 is 0. The van der Waals surface area contributed by atoms with Crippen molar-refractivity contribution in [1.82, 2.24) is 5.32 Å². The van der Waals surface area contributed by atoms with Crippen LogP contribution in [0.15, 0.2) is 12.1 Å². The standard InChI is InChI=1S/C15H20F2N2O2/c1-2-3-14(20)19-15-12(17)8-10(16)9-13(15)21-11-4-6-18-7-5-11/h8-9,11,18H,2-7H2,1H3,(H,19,20). The summed E-state index contributed by atoms with van der Waals surface area (Å²) in [5, 5.41) is 5.66. The van der Waals surface area contributed by atoms with Crippen molar-refractivity contribution in [2.45, 2.75) is 38.7 Å². The van der Waals surface area contributed by atoms with Crippen LogP contribution in [0.5, 0.6) is 5.75 Å². The zero-order valence-electron chi connectivity index (χ0n) is 12.0. The number of hydrogen-bond donors (Lipinski definition) is 2. The van der Waals surface area contributed by atoms with Gasteiger partial charge in [0.1, 0.15) is 23.4 Å². The summed E-state index contributed by atoms with van der Waals surface area (Å²) in [4.78, 5) is 11.7. The van der Waals surface area contributed by atoms with Crippen molar-refractivity contribution >= 4 is 11.6 Å². The molecule has 1 heterocycles. The van der Waals surface area contributed by atoms with Gasteiger partial charge in [0.2, 0.25) is 5.91 Å². The van der Waals surface area contributed by atoms with Crippen molar-refractivity contribution in [2.75, 3.05) is 18.4 Å². The highest BCUT2D eigenvalue weighted by Gasteiger charge is 2.20.